The quantitative estimate of drug-likeness (QED) is 0.574. The molecule has 0 aromatic carbocycles. The van der Waals surface area contributed by atoms with Gasteiger partial charge >= 0.3 is 6.03 Å². The number of piperazine rings is 1. The van der Waals surface area contributed by atoms with Gasteiger partial charge in [0.25, 0.3) is 5.91 Å². The number of urea groups is 1. The maximum atomic E-state index is 13.9. The Morgan fingerprint density at radius 2 is 1.95 bits per heavy atom. The number of hydrogen-bond acceptors (Lipinski definition) is 7. The van der Waals surface area contributed by atoms with E-state index >= 15 is 0 Å². The lowest BCUT2D eigenvalue weighted by atomic mass is 9.92. The van der Waals surface area contributed by atoms with E-state index in [1.165, 1.54) is 0 Å². The van der Waals surface area contributed by atoms with Crippen LogP contribution in [0, 0.1) is 0 Å². The lowest BCUT2D eigenvalue weighted by Crippen LogP contribution is -2.63. The predicted octanol–water partition coefficient (Wildman–Crippen LogP) is 2.16. The summed E-state index contributed by atoms with van der Waals surface area (Å²) in [6.45, 7) is 11.5. The fourth-order valence-electron chi connectivity index (χ4n) is 5.72. The van der Waals surface area contributed by atoms with E-state index in [0.29, 0.717) is 63.7 Å². The highest BCUT2D eigenvalue weighted by Crippen LogP contribution is 2.41. The molecule has 2 aromatic rings. The van der Waals surface area contributed by atoms with Crippen molar-refractivity contribution >= 4 is 17.8 Å². The predicted molar refractivity (Wildman–Crippen MR) is 137 cm³/mol. The molecule has 2 atom stereocenters. The van der Waals surface area contributed by atoms with Crippen LogP contribution in [0.1, 0.15) is 62.3 Å². The van der Waals surface area contributed by atoms with Gasteiger partial charge in [-0.15, -0.1) is 0 Å². The number of pyridine rings is 1. The largest absolute Gasteiger partial charge is 0.388 e. The monoisotopic (exact) mass is 511 g/mol. The van der Waals surface area contributed by atoms with Crippen molar-refractivity contribution in [1.82, 2.24) is 29.9 Å². The van der Waals surface area contributed by atoms with Gasteiger partial charge in [0.1, 0.15) is 5.69 Å². The molecule has 2 saturated heterocycles. The summed E-state index contributed by atoms with van der Waals surface area (Å²) in [5.41, 5.74) is 0.573. The van der Waals surface area contributed by atoms with Crippen LogP contribution in [-0.2, 0) is 16.8 Å². The van der Waals surface area contributed by atoms with Crippen molar-refractivity contribution in [2.24, 2.45) is 0 Å². The maximum absolute atomic E-state index is 13.9. The highest BCUT2D eigenvalue weighted by Gasteiger charge is 2.47. The van der Waals surface area contributed by atoms with Gasteiger partial charge in [-0.05, 0) is 39.8 Å². The highest BCUT2D eigenvalue weighted by molar-refractivity contribution is 6.02. The first kappa shape index (κ1) is 25.6. The summed E-state index contributed by atoms with van der Waals surface area (Å²) in [7, 11) is 0. The molecule has 0 bridgehead atoms. The van der Waals surface area contributed by atoms with Crippen molar-refractivity contribution in [1.29, 1.82) is 0 Å². The highest BCUT2D eigenvalue weighted by atomic mass is 16.5. The Kier molecular flexibility index (Phi) is 6.71. The number of aromatic nitrogens is 3. The molecule has 37 heavy (non-hydrogen) atoms. The number of ether oxygens (including phenoxy) is 1. The summed E-state index contributed by atoms with van der Waals surface area (Å²) in [5, 5.41) is 21.3. The summed E-state index contributed by atoms with van der Waals surface area (Å²) >= 11 is 0. The number of rotatable bonds is 4. The Bertz CT molecular complexity index is 1150. The van der Waals surface area contributed by atoms with E-state index in [4.69, 9.17) is 4.74 Å². The van der Waals surface area contributed by atoms with Crippen LogP contribution in [-0.4, -0.2) is 97.5 Å². The molecule has 0 aliphatic carbocycles. The van der Waals surface area contributed by atoms with E-state index in [1.807, 2.05) is 23.6 Å². The minimum atomic E-state index is -0.735. The van der Waals surface area contributed by atoms with Crippen LogP contribution in [0.4, 0.5) is 10.6 Å². The average Bonchev–Trinajstić information content (AvgIpc) is 3.39. The van der Waals surface area contributed by atoms with Gasteiger partial charge in [-0.1, -0.05) is 6.07 Å². The molecule has 1 unspecified atom stereocenters. The number of β-amino-alcohol motifs (C(OH)–C–C–N with tert-alkyl or cyclic N) is 1. The Balaban J connectivity index is 1.27. The average molecular weight is 512 g/mol. The number of nitrogens with one attached hydrogen (secondary N) is 2. The molecule has 3 amide bonds. The SMILES string of the molecule is CC1CN(C(=O)N2Cc3c(NC(=O)c4ccccn4)n[nH]c3C2(C)C)[C@@H](C)CN1CC1(O)CCOCC1. The number of amides is 3. The van der Waals surface area contributed by atoms with Crippen molar-refractivity contribution in [2.45, 2.75) is 70.3 Å². The van der Waals surface area contributed by atoms with Crippen molar-refractivity contribution < 1.29 is 19.4 Å². The summed E-state index contributed by atoms with van der Waals surface area (Å²) in [6.07, 6.45) is 2.85. The zero-order valence-corrected chi connectivity index (χ0v) is 22.0. The van der Waals surface area contributed by atoms with Crippen LogP contribution >= 0.6 is 0 Å². The van der Waals surface area contributed by atoms with Gasteiger partial charge < -0.3 is 25.0 Å². The Morgan fingerprint density at radius 3 is 2.65 bits per heavy atom. The smallest absolute Gasteiger partial charge is 0.321 e. The zero-order chi connectivity index (χ0) is 26.4. The molecule has 0 saturated carbocycles. The molecule has 2 aromatic heterocycles. The van der Waals surface area contributed by atoms with E-state index in [9.17, 15) is 14.7 Å². The van der Waals surface area contributed by atoms with Crippen LogP contribution in [0.25, 0.3) is 0 Å². The van der Waals surface area contributed by atoms with E-state index in [0.717, 1.165) is 11.3 Å². The van der Waals surface area contributed by atoms with Crippen LogP contribution in [0.2, 0.25) is 0 Å². The van der Waals surface area contributed by atoms with E-state index in [2.05, 4.69) is 39.2 Å². The topological polar surface area (TPSA) is 127 Å². The molecule has 11 heteroatoms. The molecule has 3 aliphatic rings. The van der Waals surface area contributed by atoms with E-state index < -0.39 is 11.1 Å². The molecule has 0 spiro atoms. The number of aromatic amines is 1. The van der Waals surface area contributed by atoms with Gasteiger partial charge in [0.2, 0.25) is 0 Å². The first-order valence-corrected chi connectivity index (χ1v) is 13.0. The number of hydrogen-bond donors (Lipinski definition) is 3. The lowest BCUT2D eigenvalue weighted by molar-refractivity contribution is -0.0934. The number of carbonyl (C=O) groups excluding carboxylic acids is 2. The van der Waals surface area contributed by atoms with Gasteiger partial charge in [-0.3, -0.25) is 19.8 Å². The van der Waals surface area contributed by atoms with Crippen molar-refractivity contribution in [3.8, 4) is 0 Å². The van der Waals surface area contributed by atoms with E-state index in [-0.39, 0.29) is 24.0 Å². The molecule has 0 radical (unpaired) electrons. The summed E-state index contributed by atoms with van der Waals surface area (Å²) in [4.78, 5) is 36.7. The zero-order valence-electron chi connectivity index (χ0n) is 22.0. The van der Waals surface area contributed by atoms with Crippen LogP contribution in [0.5, 0.6) is 0 Å². The molecule has 11 nitrogen and oxygen atoms in total. The normalized spacial score (nSPS) is 25.1. The molecule has 3 aliphatic heterocycles. The number of anilines is 1. The minimum Gasteiger partial charge on any atom is -0.388 e. The summed E-state index contributed by atoms with van der Waals surface area (Å²) < 4.78 is 5.43. The summed E-state index contributed by atoms with van der Waals surface area (Å²) in [6, 6.07) is 5.22. The first-order valence-electron chi connectivity index (χ1n) is 13.0. The van der Waals surface area contributed by atoms with E-state index in [1.54, 1.807) is 24.4 Å². The molecule has 200 valence electrons. The standard InChI is InChI=1S/C26H37N7O4/c1-17-14-32(18(2)13-31(17)16-26(36)8-11-37-12-9-26)24(35)33-15-19-21(25(33,3)4)29-30-22(19)28-23(34)20-7-5-6-10-27-20/h5-7,10,17-18,36H,8-9,11-16H2,1-4H3,(H2,28,29,30,34)/t17?,18-/m0/s1. The van der Waals surface area contributed by atoms with Gasteiger partial charge in [-0.2, -0.15) is 5.10 Å². The molecule has 5 rings (SSSR count). The number of carbonyl (C=O) groups is 2. The fraction of sp³-hybridized carbons (Fsp3) is 0.615. The second-order valence-corrected chi connectivity index (χ2v) is 11.1. The molecular weight excluding hydrogens is 474 g/mol. The Morgan fingerprint density at radius 1 is 1.19 bits per heavy atom. The molecule has 5 heterocycles. The van der Waals surface area contributed by atoms with Crippen molar-refractivity contribution in [3.05, 3.63) is 41.3 Å². The third-order valence-corrected chi connectivity index (χ3v) is 8.11. The second kappa shape index (κ2) is 9.70. The van der Waals surface area contributed by atoms with Crippen LogP contribution in [0.15, 0.2) is 24.4 Å². The van der Waals surface area contributed by atoms with Crippen LogP contribution in [0.3, 0.4) is 0 Å². The second-order valence-electron chi connectivity index (χ2n) is 11.1. The first-order chi connectivity index (χ1) is 17.6. The maximum Gasteiger partial charge on any atom is 0.321 e. The number of H-pyrrole nitrogens is 1. The molecule has 2 fully saturated rings. The van der Waals surface area contributed by atoms with Crippen molar-refractivity contribution in [2.75, 3.05) is 38.2 Å². The fourth-order valence-corrected chi connectivity index (χ4v) is 5.72. The summed E-state index contributed by atoms with van der Waals surface area (Å²) in [5.74, 6) is 0.0761. The number of aliphatic hydroxyl groups is 1. The Labute approximate surface area is 217 Å². The lowest BCUT2D eigenvalue weighted by Gasteiger charge is -2.49. The van der Waals surface area contributed by atoms with Gasteiger partial charge in [0, 0.05) is 69.5 Å². The van der Waals surface area contributed by atoms with Gasteiger partial charge in [0.05, 0.1) is 23.4 Å². The molecular formula is C26H37N7O4. The van der Waals surface area contributed by atoms with Crippen molar-refractivity contribution in [3.63, 3.8) is 0 Å². The minimum absolute atomic E-state index is 0.0108. The van der Waals surface area contributed by atoms with Gasteiger partial charge in [-0.25, -0.2) is 4.79 Å². The third kappa shape index (κ3) is 4.83. The van der Waals surface area contributed by atoms with Gasteiger partial charge in [0.15, 0.2) is 5.82 Å². The molecule has 3 N–H and O–H groups in total. The number of nitrogens with zero attached hydrogens (tertiary/aromatic N) is 5. The Hall–Kier alpha value is -3.02. The number of fused-ring (bicyclic) bond motifs is 1. The van der Waals surface area contributed by atoms with Crippen LogP contribution < -0.4 is 5.32 Å². The third-order valence-electron chi connectivity index (χ3n) is 8.11.